The topological polar surface area (TPSA) is 23.9 Å². The van der Waals surface area contributed by atoms with Crippen LogP contribution in [-0.2, 0) is 0 Å². The standard InChI is InChI=1S/C18H21N/c1-18-12-8-4-2-3-6-11-17(15-19)16(14-18)10-7-5-9-13-18/h2-3,5-13,15,17,19H,4,14H2,1H3/b3-2-,7-5-,11-6-,12-8-,13-9+,16-10+,19-15?. The maximum atomic E-state index is 7.66. The first-order valence-electron chi connectivity index (χ1n) is 6.80. The van der Waals surface area contributed by atoms with E-state index in [0.717, 1.165) is 12.8 Å². The molecule has 2 aliphatic carbocycles. The normalized spacial score (nSPS) is 41.3. The van der Waals surface area contributed by atoms with E-state index in [9.17, 15) is 0 Å². The largest absolute Gasteiger partial charge is 0.312 e. The fraction of sp³-hybridized carbons (Fsp3) is 0.278. The zero-order valence-electron chi connectivity index (χ0n) is 11.4. The van der Waals surface area contributed by atoms with Crippen LogP contribution < -0.4 is 0 Å². The van der Waals surface area contributed by atoms with Crippen molar-refractivity contribution < 1.29 is 0 Å². The number of allylic oxidation sites excluding steroid dienone is 12. The Morgan fingerprint density at radius 1 is 1.11 bits per heavy atom. The van der Waals surface area contributed by atoms with E-state index in [1.807, 2.05) is 6.08 Å². The number of fused-ring (bicyclic) bond motifs is 2. The zero-order valence-corrected chi connectivity index (χ0v) is 11.4. The second-order valence-corrected chi connectivity index (χ2v) is 5.31. The van der Waals surface area contributed by atoms with Crippen LogP contribution in [0.15, 0.2) is 72.4 Å². The van der Waals surface area contributed by atoms with Crippen LogP contribution in [0, 0.1) is 16.7 Å². The van der Waals surface area contributed by atoms with Gasteiger partial charge in [0.2, 0.25) is 0 Å². The number of rotatable bonds is 1. The molecule has 2 unspecified atom stereocenters. The Labute approximate surface area is 115 Å². The van der Waals surface area contributed by atoms with Gasteiger partial charge in [-0.25, -0.2) is 0 Å². The van der Waals surface area contributed by atoms with Crippen molar-refractivity contribution in [3.8, 4) is 0 Å². The smallest absolute Gasteiger partial charge is 0.0331 e. The summed E-state index contributed by atoms with van der Waals surface area (Å²) >= 11 is 0. The van der Waals surface area contributed by atoms with E-state index in [1.54, 1.807) is 0 Å². The predicted octanol–water partition coefficient (Wildman–Crippen LogP) is 4.77. The quantitative estimate of drug-likeness (QED) is 0.512. The van der Waals surface area contributed by atoms with E-state index >= 15 is 0 Å². The molecule has 1 nitrogen and oxygen atoms in total. The van der Waals surface area contributed by atoms with Crippen LogP contribution in [0.5, 0.6) is 0 Å². The molecule has 0 spiro atoms. The Hall–Kier alpha value is -1.89. The molecule has 0 amide bonds. The van der Waals surface area contributed by atoms with E-state index in [-0.39, 0.29) is 11.3 Å². The number of hydrogen-bond donors (Lipinski definition) is 1. The first-order valence-corrected chi connectivity index (χ1v) is 6.80. The summed E-state index contributed by atoms with van der Waals surface area (Å²) < 4.78 is 0. The minimum absolute atomic E-state index is 0.0316. The molecule has 0 radical (unpaired) electrons. The molecule has 0 fully saturated rings. The molecule has 2 bridgehead atoms. The maximum absolute atomic E-state index is 7.66. The van der Waals surface area contributed by atoms with E-state index in [2.05, 4.69) is 67.7 Å². The summed E-state index contributed by atoms with van der Waals surface area (Å²) in [7, 11) is 0. The lowest BCUT2D eigenvalue weighted by atomic mass is 9.78. The summed E-state index contributed by atoms with van der Waals surface area (Å²) in [5.74, 6) is 0.0895. The molecule has 1 heteroatoms. The van der Waals surface area contributed by atoms with E-state index in [4.69, 9.17) is 5.41 Å². The van der Waals surface area contributed by atoms with Crippen molar-refractivity contribution in [2.75, 3.05) is 0 Å². The van der Waals surface area contributed by atoms with Crippen LogP contribution in [-0.4, -0.2) is 6.21 Å². The van der Waals surface area contributed by atoms with Gasteiger partial charge < -0.3 is 5.41 Å². The van der Waals surface area contributed by atoms with Gasteiger partial charge in [-0.15, -0.1) is 0 Å². The van der Waals surface area contributed by atoms with Crippen LogP contribution >= 0.6 is 0 Å². The average molecular weight is 251 g/mol. The fourth-order valence-electron chi connectivity index (χ4n) is 2.46. The molecule has 0 aromatic heterocycles. The van der Waals surface area contributed by atoms with Crippen molar-refractivity contribution in [3.05, 3.63) is 72.4 Å². The van der Waals surface area contributed by atoms with Gasteiger partial charge in [0, 0.05) is 17.5 Å². The Morgan fingerprint density at radius 2 is 2.00 bits per heavy atom. The minimum Gasteiger partial charge on any atom is -0.312 e. The van der Waals surface area contributed by atoms with Crippen LogP contribution in [0.3, 0.4) is 0 Å². The van der Waals surface area contributed by atoms with Gasteiger partial charge in [-0.2, -0.15) is 0 Å². The lowest BCUT2D eigenvalue weighted by Crippen LogP contribution is -2.15. The molecule has 0 aliphatic heterocycles. The van der Waals surface area contributed by atoms with Crippen molar-refractivity contribution in [1.29, 1.82) is 5.41 Å². The molecule has 98 valence electrons. The number of nitrogens with one attached hydrogen (secondary N) is 1. The third-order valence-corrected chi connectivity index (χ3v) is 3.54. The van der Waals surface area contributed by atoms with E-state index in [1.165, 1.54) is 11.8 Å². The minimum atomic E-state index is 0.0316. The average Bonchev–Trinajstić information content (AvgIpc) is 2.41. The summed E-state index contributed by atoms with van der Waals surface area (Å²) in [4.78, 5) is 0. The predicted molar refractivity (Wildman–Crippen MR) is 83.4 cm³/mol. The molecule has 0 aromatic carbocycles. The second kappa shape index (κ2) is 6.33. The van der Waals surface area contributed by atoms with Crippen molar-refractivity contribution in [1.82, 2.24) is 0 Å². The highest BCUT2D eigenvalue weighted by atomic mass is 14.4. The Bertz CT molecular complexity index is 500. The van der Waals surface area contributed by atoms with Gasteiger partial charge in [0.05, 0.1) is 0 Å². The highest BCUT2D eigenvalue weighted by molar-refractivity contribution is 5.65. The lowest BCUT2D eigenvalue weighted by molar-refractivity contribution is 0.531. The Morgan fingerprint density at radius 3 is 2.84 bits per heavy atom. The van der Waals surface area contributed by atoms with Crippen LogP contribution in [0.1, 0.15) is 19.8 Å². The Balaban J connectivity index is 2.44. The highest BCUT2D eigenvalue weighted by Crippen LogP contribution is 2.34. The van der Waals surface area contributed by atoms with Crippen LogP contribution in [0.25, 0.3) is 0 Å². The molecular weight excluding hydrogens is 230 g/mol. The number of hydrogen-bond acceptors (Lipinski definition) is 1. The van der Waals surface area contributed by atoms with Gasteiger partial charge in [0.1, 0.15) is 0 Å². The summed E-state index contributed by atoms with van der Waals surface area (Å²) in [6.07, 6.45) is 26.9. The molecule has 2 atom stereocenters. The summed E-state index contributed by atoms with van der Waals surface area (Å²) in [6.45, 7) is 2.25. The van der Waals surface area contributed by atoms with Gasteiger partial charge in [0.25, 0.3) is 0 Å². The summed E-state index contributed by atoms with van der Waals surface area (Å²) in [6, 6.07) is 0. The van der Waals surface area contributed by atoms with Gasteiger partial charge >= 0.3 is 0 Å². The monoisotopic (exact) mass is 251 g/mol. The lowest BCUT2D eigenvalue weighted by Gasteiger charge is -2.26. The second-order valence-electron chi connectivity index (χ2n) is 5.31. The van der Waals surface area contributed by atoms with Gasteiger partial charge in [-0.1, -0.05) is 79.3 Å². The molecule has 0 heterocycles. The molecule has 0 saturated carbocycles. The molecule has 2 aliphatic rings. The van der Waals surface area contributed by atoms with Crippen molar-refractivity contribution in [2.24, 2.45) is 11.3 Å². The first-order chi connectivity index (χ1) is 9.23. The van der Waals surface area contributed by atoms with Crippen LogP contribution in [0.4, 0.5) is 0 Å². The summed E-state index contributed by atoms with van der Waals surface area (Å²) in [5, 5.41) is 7.66. The molecule has 19 heavy (non-hydrogen) atoms. The maximum Gasteiger partial charge on any atom is 0.0331 e. The zero-order chi connectivity index (χ0) is 13.6. The third kappa shape index (κ3) is 3.78. The SMILES string of the molecule is CC12/C=C\C/C=C\C=C/C(C=N)/C(=C/C=C\C=C\1)C2. The molecule has 0 saturated heterocycles. The molecule has 0 aromatic rings. The summed E-state index contributed by atoms with van der Waals surface area (Å²) in [5.41, 5.74) is 1.32. The van der Waals surface area contributed by atoms with E-state index < -0.39 is 0 Å². The van der Waals surface area contributed by atoms with Gasteiger partial charge in [-0.05, 0) is 12.8 Å². The van der Waals surface area contributed by atoms with Crippen molar-refractivity contribution in [2.45, 2.75) is 19.8 Å². The Kier molecular flexibility index (Phi) is 4.51. The van der Waals surface area contributed by atoms with Crippen LogP contribution in [0.2, 0.25) is 0 Å². The molecular formula is C18H21N. The molecule has 2 rings (SSSR count). The first kappa shape index (κ1) is 13.5. The van der Waals surface area contributed by atoms with E-state index in [0.29, 0.717) is 0 Å². The van der Waals surface area contributed by atoms with Gasteiger partial charge in [-0.3, -0.25) is 0 Å². The highest BCUT2D eigenvalue weighted by Gasteiger charge is 2.22. The van der Waals surface area contributed by atoms with Crippen molar-refractivity contribution in [3.63, 3.8) is 0 Å². The fourth-order valence-corrected chi connectivity index (χ4v) is 2.46. The van der Waals surface area contributed by atoms with Gasteiger partial charge in [0.15, 0.2) is 0 Å². The molecule has 1 N–H and O–H groups in total. The van der Waals surface area contributed by atoms with Crippen molar-refractivity contribution >= 4 is 6.21 Å². The third-order valence-electron chi connectivity index (χ3n) is 3.54.